The number of thiazole rings is 1. The van der Waals surface area contributed by atoms with E-state index in [-0.39, 0.29) is 5.78 Å². The van der Waals surface area contributed by atoms with Gasteiger partial charge in [-0.2, -0.15) is 0 Å². The van der Waals surface area contributed by atoms with Crippen LogP contribution in [0.25, 0.3) is 0 Å². The first kappa shape index (κ1) is 10.3. The van der Waals surface area contributed by atoms with Gasteiger partial charge in [0.15, 0.2) is 5.78 Å². The van der Waals surface area contributed by atoms with Crippen molar-refractivity contribution in [2.24, 2.45) is 0 Å². The predicted octanol–water partition coefficient (Wildman–Crippen LogP) is 3.22. The maximum atomic E-state index is 11.7. The molecule has 2 nitrogen and oxygen atoms in total. The second-order valence-corrected chi connectivity index (χ2v) is 4.35. The number of aromatic nitrogens is 1. The summed E-state index contributed by atoms with van der Waals surface area (Å²) < 4.78 is 0. The van der Waals surface area contributed by atoms with Gasteiger partial charge in [-0.25, -0.2) is 0 Å². The zero-order valence-electron chi connectivity index (χ0n) is 7.81. The van der Waals surface area contributed by atoms with Crippen molar-refractivity contribution in [2.45, 2.75) is 6.42 Å². The van der Waals surface area contributed by atoms with E-state index in [0.717, 1.165) is 5.56 Å². The van der Waals surface area contributed by atoms with Gasteiger partial charge in [-0.05, 0) is 11.6 Å². The van der Waals surface area contributed by atoms with E-state index in [1.54, 1.807) is 17.8 Å². The van der Waals surface area contributed by atoms with E-state index in [9.17, 15) is 4.79 Å². The van der Waals surface area contributed by atoms with Gasteiger partial charge in [-0.15, -0.1) is 11.3 Å². The minimum Gasteiger partial charge on any atom is -0.293 e. The van der Waals surface area contributed by atoms with Gasteiger partial charge < -0.3 is 0 Å². The molecule has 0 amide bonds. The number of halogens is 1. The lowest BCUT2D eigenvalue weighted by atomic mass is 10.1. The van der Waals surface area contributed by atoms with E-state index in [1.807, 2.05) is 18.2 Å². The summed E-state index contributed by atoms with van der Waals surface area (Å²) in [7, 11) is 0. The number of carbonyl (C=O) groups is 1. The molecule has 1 heterocycles. The molecule has 0 N–H and O–H groups in total. The molecule has 0 bridgehead atoms. The first-order chi connectivity index (χ1) is 7.27. The lowest BCUT2D eigenvalue weighted by molar-refractivity contribution is 0.0996. The molecular formula is C11H8ClNOS. The van der Waals surface area contributed by atoms with E-state index in [1.165, 1.54) is 11.3 Å². The van der Waals surface area contributed by atoms with Crippen molar-refractivity contribution >= 4 is 28.7 Å². The highest BCUT2D eigenvalue weighted by Gasteiger charge is 2.10. The first-order valence-electron chi connectivity index (χ1n) is 4.42. The number of rotatable bonds is 3. The molecule has 15 heavy (non-hydrogen) atoms. The van der Waals surface area contributed by atoms with Gasteiger partial charge >= 0.3 is 0 Å². The Kier molecular flexibility index (Phi) is 3.14. The number of ketones is 1. The molecule has 0 saturated carbocycles. The van der Waals surface area contributed by atoms with Crippen LogP contribution in [0.2, 0.25) is 5.02 Å². The minimum atomic E-state index is 0.0607. The summed E-state index contributed by atoms with van der Waals surface area (Å²) in [5.74, 6) is 0.0607. The first-order valence-corrected chi connectivity index (χ1v) is 5.68. The van der Waals surface area contributed by atoms with Crippen LogP contribution in [0.1, 0.15) is 15.2 Å². The van der Waals surface area contributed by atoms with Gasteiger partial charge in [-0.3, -0.25) is 9.78 Å². The summed E-state index contributed by atoms with van der Waals surface area (Å²) >= 11 is 7.32. The van der Waals surface area contributed by atoms with Crippen LogP contribution in [0, 0.1) is 0 Å². The molecule has 0 atom stereocenters. The third-order valence-corrected chi connectivity index (χ3v) is 3.20. The molecule has 2 rings (SSSR count). The molecule has 0 fully saturated rings. The lowest BCUT2D eigenvalue weighted by Crippen LogP contribution is -2.01. The second kappa shape index (κ2) is 4.55. The van der Waals surface area contributed by atoms with E-state index in [2.05, 4.69) is 4.98 Å². The highest BCUT2D eigenvalue weighted by atomic mass is 35.5. The molecule has 4 heteroatoms. The molecule has 1 aromatic heterocycles. The molecule has 0 aliphatic rings. The normalized spacial score (nSPS) is 10.2. The molecule has 1 aromatic carbocycles. The number of nitrogens with zero attached hydrogens (tertiary/aromatic N) is 1. The summed E-state index contributed by atoms with van der Waals surface area (Å²) in [4.78, 5) is 16.3. The van der Waals surface area contributed by atoms with Gasteiger partial charge in [-0.1, -0.05) is 29.8 Å². The Morgan fingerprint density at radius 3 is 2.87 bits per heavy atom. The minimum absolute atomic E-state index is 0.0607. The number of benzene rings is 1. The predicted molar refractivity (Wildman–Crippen MR) is 61.6 cm³/mol. The van der Waals surface area contributed by atoms with Gasteiger partial charge in [0.2, 0.25) is 0 Å². The van der Waals surface area contributed by atoms with Crippen LogP contribution in [0.5, 0.6) is 0 Å². The molecule has 0 saturated heterocycles. The largest absolute Gasteiger partial charge is 0.293 e. The standard InChI is InChI=1S/C11H8ClNOS/c12-9-4-2-1-3-8(9)5-10(14)11-6-13-7-15-11/h1-4,6-7H,5H2. The van der Waals surface area contributed by atoms with Crippen LogP contribution in [0.15, 0.2) is 36.0 Å². The Bertz CT molecular complexity index is 467. The Labute approximate surface area is 96.5 Å². The Morgan fingerprint density at radius 1 is 1.40 bits per heavy atom. The summed E-state index contributed by atoms with van der Waals surface area (Å²) in [6.07, 6.45) is 1.92. The van der Waals surface area contributed by atoms with Crippen LogP contribution in [0.3, 0.4) is 0 Å². The van der Waals surface area contributed by atoms with E-state index < -0.39 is 0 Å². The maximum Gasteiger partial charge on any atom is 0.178 e. The van der Waals surface area contributed by atoms with Gasteiger partial charge in [0.25, 0.3) is 0 Å². The van der Waals surface area contributed by atoms with Crippen molar-refractivity contribution in [3.8, 4) is 0 Å². The fraction of sp³-hybridized carbons (Fsp3) is 0.0909. The summed E-state index contributed by atoms with van der Waals surface area (Å²) in [5, 5.41) is 0.635. The molecule has 0 aliphatic carbocycles. The van der Waals surface area contributed by atoms with Crippen LogP contribution >= 0.6 is 22.9 Å². The number of Topliss-reactive ketones (excluding diaryl/α,β-unsaturated/α-hetero) is 1. The van der Waals surface area contributed by atoms with Crippen molar-refractivity contribution in [2.75, 3.05) is 0 Å². The van der Waals surface area contributed by atoms with E-state index >= 15 is 0 Å². The third kappa shape index (κ3) is 2.43. The highest BCUT2D eigenvalue weighted by molar-refractivity contribution is 7.11. The highest BCUT2D eigenvalue weighted by Crippen LogP contribution is 2.18. The van der Waals surface area contributed by atoms with E-state index in [0.29, 0.717) is 16.3 Å². The molecule has 2 aromatic rings. The number of hydrogen-bond donors (Lipinski definition) is 0. The lowest BCUT2D eigenvalue weighted by Gasteiger charge is -2.01. The Hall–Kier alpha value is -1.19. The van der Waals surface area contributed by atoms with Crippen LogP contribution < -0.4 is 0 Å². The SMILES string of the molecule is O=C(Cc1ccccc1Cl)c1cncs1. The molecule has 0 unspecified atom stereocenters. The van der Waals surface area contributed by atoms with Crippen molar-refractivity contribution in [3.05, 3.63) is 51.4 Å². The van der Waals surface area contributed by atoms with Crippen molar-refractivity contribution in [1.29, 1.82) is 0 Å². The third-order valence-electron chi connectivity index (χ3n) is 2.02. The van der Waals surface area contributed by atoms with Crippen molar-refractivity contribution in [3.63, 3.8) is 0 Å². The molecule has 0 radical (unpaired) electrons. The van der Waals surface area contributed by atoms with E-state index in [4.69, 9.17) is 11.6 Å². The monoisotopic (exact) mass is 237 g/mol. The smallest absolute Gasteiger partial charge is 0.178 e. The van der Waals surface area contributed by atoms with Gasteiger partial charge in [0.05, 0.1) is 10.4 Å². The zero-order valence-corrected chi connectivity index (χ0v) is 9.39. The van der Waals surface area contributed by atoms with Gasteiger partial charge in [0.1, 0.15) is 0 Å². The second-order valence-electron chi connectivity index (χ2n) is 3.06. The fourth-order valence-electron chi connectivity index (χ4n) is 1.26. The van der Waals surface area contributed by atoms with Crippen LogP contribution in [0.4, 0.5) is 0 Å². The fourth-order valence-corrected chi connectivity index (χ4v) is 2.02. The van der Waals surface area contributed by atoms with Crippen LogP contribution in [-0.2, 0) is 6.42 Å². The summed E-state index contributed by atoms with van der Waals surface area (Å²) in [6, 6.07) is 7.38. The van der Waals surface area contributed by atoms with Crippen molar-refractivity contribution < 1.29 is 4.79 Å². The molecule has 76 valence electrons. The van der Waals surface area contributed by atoms with Crippen LogP contribution in [-0.4, -0.2) is 10.8 Å². The van der Waals surface area contributed by atoms with Gasteiger partial charge in [0, 0.05) is 17.6 Å². The van der Waals surface area contributed by atoms with Crippen molar-refractivity contribution in [1.82, 2.24) is 4.98 Å². The zero-order chi connectivity index (χ0) is 10.7. The maximum absolute atomic E-state index is 11.7. The summed E-state index contributed by atoms with van der Waals surface area (Å²) in [6.45, 7) is 0. The average molecular weight is 238 g/mol. The molecule has 0 spiro atoms. The summed E-state index contributed by atoms with van der Waals surface area (Å²) in [5.41, 5.74) is 2.51. The molecule has 0 aliphatic heterocycles. The average Bonchev–Trinajstić information content (AvgIpc) is 2.74. The topological polar surface area (TPSA) is 30.0 Å². The Balaban J connectivity index is 2.17. The number of hydrogen-bond acceptors (Lipinski definition) is 3. The number of carbonyl (C=O) groups excluding carboxylic acids is 1. The molecular weight excluding hydrogens is 230 g/mol. The Morgan fingerprint density at radius 2 is 2.20 bits per heavy atom. The quantitative estimate of drug-likeness (QED) is 0.768.